The minimum Gasteiger partial charge on any atom is -0.398 e. The van der Waals surface area contributed by atoms with Gasteiger partial charge in [-0.15, -0.1) is 0 Å². The third-order valence-electron chi connectivity index (χ3n) is 4.99. The van der Waals surface area contributed by atoms with Crippen LogP contribution in [-0.2, 0) is 6.42 Å². The van der Waals surface area contributed by atoms with Crippen LogP contribution in [0.25, 0.3) is 0 Å². The van der Waals surface area contributed by atoms with Gasteiger partial charge in [-0.1, -0.05) is 20.3 Å². The van der Waals surface area contributed by atoms with Crippen molar-refractivity contribution in [2.24, 2.45) is 0 Å². The minimum atomic E-state index is 0.445. The summed E-state index contributed by atoms with van der Waals surface area (Å²) in [5, 5.41) is 16.0. The summed E-state index contributed by atoms with van der Waals surface area (Å²) in [6.45, 7) is 7.25. The van der Waals surface area contributed by atoms with Crippen LogP contribution in [0, 0.1) is 11.3 Å². The van der Waals surface area contributed by atoms with Gasteiger partial charge in [-0.3, -0.25) is 0 Å². The third-order valence-corrected chi connectivity index (χ3v) is 4.99. The van der Waals surface area contributed by atoms with Crippen LogP contribution in [0.3, 0.4) is 0 Å². The highest BCUT2D eigenvalue weighted by atomic mass is 15.3. The first-order valence-corrected chi connectivity index (χ1v) is 10.1. The Bertz CT molecular complexity index is 843. The van der Waals surface area contributed by atoms with E-state index < -0.39 is 0 Å². The van der Waals surface area contributed by atoms with Crippen molar-refractivity contribution in [1.82, 2.24) is 15.3 Å². The Hall–Kier alpha value is -2.85. The molecule has 1 unspecified atom stereocenters. The molecule has 2 heterocycles. The molecule has 4 N–H and O–H groups in total. The Morgan fingerprint density at radius 2 is 2.14 bits per heavy atom. The second kappa shape index (κ2) is 9.38. The molecule has 3 rings (SSSR count). The molecule has 1 aromatic heterocycles. The van der Waals surface area contributed by atoms with Gasteiger partial charge in [0, 0.05) is 42.3 Å². The van der Waals surface area contributed by atoms with Crippen molar-refractivity contribution in [1.29, 1.82) is 5.26 Å². The Kier molecular flexibility index (Phi) is 6.66. The van der Waals surface area contributed by atoms with Gasteiger partial charge in [0.15, 0.2) is 0 Å². The van der Waals surface area contributed by atoms with Crippen LogP contribution >= 0.6 is 0 Å². The van der Waals surface area contributed by atoms with Crippen LogP contribution < -0.4 is 21.3 Å². The molecule has 0 spiro atoms. The van der Waals surface area contributed by atoms with Crippen LogP contribution in [0.1, 0.15) is 44.4 Å². The average Bonchev–Trinajstić information content (AvgIpc) is 3.17. The van der Waals surface area contributed by atoms with Gasteiger partial charge in [0.25, 0.3) is 0 Å². The molecular formula is C21H29N7. The van der Waals surface area contributed by atoms with Gasteiger partial charge < -0.3 is 21.3 Å². The number of aryl methyl sites for hydroxylation is 1. The topological polar surface area (TPSA) is 103 Å². The van der Waals surface area contributed by atoms with Gasteiger partial charge >= 0.3 is 0 Å². The predicted molar refractivity (Wildman–Crippen MR) is 114 cm³/mol. The van der Waals surface area contributed by atoms with Crippen molar-refractivity contribution < 1.29 is 0 Å². The highest BCUT2D eigenvalue weighted by Crippen LogP contribution is 2.24. The number of aromatic nitrogens is 2. The van der Waals surface area contributed by atoms with E-state index in [9.17, 15) is 5.26 Å². The number of unbranched alkanes of at least 4 members (excludes halogenated alkanes) is 1. The number of anilines is 4. The molecule has 1 aromatic carbocycles. The van der Waals surface area contributed by atoms with Crippen molar-refractivity contribution in [3.8, 4) is 6.07 Å². The largest absolute Gasteiger partial charge is 0.398 e. The fourth-order valence-electron chi connectivity index (χ4n) is 3.47. The molecule has 1 saturated heterocycles. The van der Waals surface area contributed by atoms with Crippen LogP contribution in [0.5, 0.6) is 0 Å². The number of nitrogens with zero attached hydrogens (tertiary/aromatic N) is 4. The number of nitriles is 1. The van der Waals surface area contributed by atoms with E-state index in [2.05, 4.69) is 41.5 Å². The third kappa shape index (κ3) is 4.90. The van der Waals surface area contributed by atoms with Gasteiger partial charge in [-0.25, -0.2) is 4.98 Å². The van der Waals surface area contributed by atoms with E-state index in [0.29, 0.717) is 23.2 Å². The average molecular weight is 380 g/mol. The maximum atomic E-state index is 9.20. The standard InChI is InChI=1S/C21H29N7/c1-3-5-6-16-12-20(28-10-9-18(14-28)24-4-2)27-21(25-16)26-17-7-8-19(23)15(11-17)13-22/h7-8,11-12,18,24H,3-6,9-10,14,23H2,1-2H3,(H,25,26,27). The van der Waals surface area contributed by atoms with Crippen LogP contribution in [0.2, 0.25) is 0 Å². The van der Waals surface area contributed by atoms with Crippen LogP contribution in [0.15, 0.2) is 24.3 Å². The minimum absolute atomic E-state index is 0.445. The van der Waals surface area contributed by atoms with Gasteiger partial charge in [-0.2, -0.15) is 10.2 Å². The first kappa shape index (κ1) is 19.9. The number of benzene rings is 1. The van der Waals surface area contributed by atoms with Gasteiger partial charge in [-0.05, 0) is 44.0 Å². The van der Waals surface area contributed by atoms with E-state index in [-0.39, 0.29) is 0 Å². The van der Waals surface area contributed by atoms with Gasteiger partial charge in [0.05, 0.1) is 5.56 Å². The van der Waals surface area contributed by atoms with Crippen molar-refractivity contribution in [2.75, 3.05) is 35.6 Å². The predicted octanol–water partition coefficient (Wildman–Crippen LogP) is 3.20. The van der Waals surface area contributed by atoms with E-state index in [1.807, 2.05) is 6.07 Å². The Balaban J connectivity index is 1.84. The second-order valence-corrected chi connectivity index (χ2v) is 7.17. The van der Waals surface area contributed by atoms with Crippen LogP contribution in [0.4, 0.5) is 23.1 Å². The summed E-state index contributed by atoms with van der Waals surface area (Å²) in [5.41, 5.74) is 8.54. The number of nitrogen functional groups attached to an aromatic ring is 1. The summed E-state index contributed by atoms with van der Waals surface area (Å²) >= 11 is 0. The van der Waals surface area contributed by atoms with Gasteiger partial charge in [0.2, 0.25) is 5.95 Å². The summed E-state index contributed by atoms with van der Waals surface area (Å²) in [6.07, 6.45) is 4.26. The number of hydrogen-bond donors (Lipinski definition) is 3. The smallest absolute Gasteiger partial charge is 0.229 e. The molecule has 0 aliphatic carbocycles. The molecule has 28 heavy (non-hydrogen) atoms. The molecule has 2 aromatic rings. The molecule has 0 amide bonds. The Morgan fingerprint density at radius 3 is 2.89 bits per heavy atom. The van der Waals surface area contributed by atoms with E-state index in [4.69, 9.17) is 15.7 Å². The number of nitrogens with two attached hydrogens (primary N) is 1. The first-order chi connectivity index (χ1) is 13.6. The molecule has 1 aliphatic heterocycles. The van der Waals surface area contributed by atoms with Crippen molar-refractivity contribution in [3.63, 3.8) is 0 Å². The molecule has 0 radical (unpaired) electrons. The number of hydrogen-bond acceptors (Lipinski definition) is 7. The molecule has 1 fully saturated rings. The summed E-state index contributed by atoms with van der Waals surface area (Å²) in [5.74, 6) is 1.52. The van der Waals surface area contributed by atoms with Crippen molar-refractivity contribution in [3.05, 3.63) is 35.5 Å². The SMILES string of the molecule is CCCCc1cc(N2CCC(NCC)C2)nc(Nc2ccc(N)c(C#N)c2)n1. The molecule has 7 nitrogen and oxygen atoms in total. The number of rotatable bonds is 8. The Labute approximate surface area is 167 Å². The molecule has 0 bridgehead atoms. The normalized spacial score (nSPS) is 16.2. The summed E-state index contributed by atoms with van der Waals surface area (Å²) < 4.78 is 0. The number of likely N-dealkylation sites (N-methyl/N-ethyl adjacent to an activating group) is 1. The zero-order chi connectivity index (χ0) is 19.9. The lowest BCUT2D eigenvalue weighted by molar-refractivity contribution is 0.571. The molecular weight excluding hydrogens is 350 g/mol. The maximum Gasteiger partial charge on any atom is 0.229 e. The quantitative estimate of drug-likeness (QED) is 0.605. The summed E-state index contributed by atoms with van der Waals surface area (Å²) in [7, 11) is 0. The highest BCUT2D eigenvalue weighted by molar-refractivity contribution is 5.65. The lowest BCUT2D eigenvalue weighted by Crippen LogP contribution is -2.32. The summed E-state index contributed by atoms with van der Waals surface area (Å²) in [6, 6.07) is 10.0. The van der Waals surface area contributed by atoms with Crippen molar-refractivity contribution >= 4 is 23.1 Å². The molecule has 1 atom stereocenters. The first-order valence-electron chi connectivity index (χ1n) is 10.1. The fraction of sp³-hybridized carbons (Fsp3) is 0.476. The van der Waals surface area contributed by atoms with E-state index in [1.54, 1.807) is 12.1 Å². The van der Waals surface area contributed by atoms with Gasteiger partial charge in [0.1, 0.15) is 11.9 Å². The lowest BCUT2D eigenvalue weighted by atomic mass is 10.2. The van der Waals surface area contributed by atoms with E-state index in [1.165, 1.54) is 0 Å². The summed E-state index contributed by atoms with van der Waals surface area (Å²) in [4.78, 5) is 11.8. The monoisotopic (exact) mass is 379 g/mol. The van der Waals surface area contributed by atoms with Crippen LogP contribution in [-0.4, -0.2) is 35.6 Å². The van der Waals surface area contributed by atoms with E-state index >= 15 is 0 Å². The maximum absolute atomic E-state index is 9.20. The molecule has 0 saturated carbocycles. The Morgan fingerprint density at radius 1 is 1.29 bits per heavy atom. The zero-order valence-corrected chi connectivity index (χ0v) is 16.7. The molecule has 148 valence electrons. The zero-order valence-electron chi connectivity index (χ0n) is 16.7. The van der Waals surface area contributed by atoms with Crippen molar-refractivity contribution in [2.45, 2.75) is 45.6 Å². The molecule has 1 aliphatic rings. The highest BCUT2D eigenvalue weighted by Gasteiger charge is 2.23. The second-order valence-electron chi connectivity index (χ2n) is 7.17. The lowest BCUT2D eigenvalue weighted by Gasteiger charge is -2.19. The van der Waals surface area contributed by atoms with E-state index in [0.717, 1.165) is 62.5 Å². The molecule has 7 heteroatoms. The number of nitrogens with one attached hydrogen (secondary N) is 2. The fourth-order valence-corrected chi connectivity index (χ4v) is 3.47.